The van der Waals surface area contributed by atoms with Crippen molar-refractivity contribution in [3.63, 3.8) is 0 Å². The quantitative estimate of drug-likeness (QED) is 0.769. The van der Waals surface area contributed by atoms with Crippen molar-refractivity contribution >= 4 is 5.91 Å². The molecule has 0 unspecified atom stereocenters. The number of hydrogen-bond acceptors (Lipinski definition) is 5. The Morgan fingerprint density at radius 3 is 3.04 bits per heavy atom. The van der Waals surface area contributed by atoms with Crippen LogP contribution in [0.15, 0.2) is 33.6 Å². The fraction of sp³-hybridized carbons (Fsp3) is 0.556. The highest BCUT2D eigenvalue weighted by atomic mass is 19.1. The molecule has 6 nitrogen and oxygen atoms in total. The first kappa shape index (κ1) is 17.7. The van der Waals surface area contributed by atoms with Gasteiger partial charge in [0.2, 0.25) is 5.91 Å². The van der Waals surface area contributed by atoms with E-state index in [2.05, 4.69) is 5.16 Å². The number of aryl methyl sites for hydroxylation is 2. The number of carbonyl (C=O) groups excluding carboxylic acids is 1. The summed E-state index contributed by atoms with van der Waals surface area (Å²) in [5, 5.41) is 3.87. The van der Waals surface area contributed by atoms with Crippen molar-refractivity contribution in [2.24, 2.45) is 0 Å². The van der Waals surface area contributed by atoms with Gasteiger partial charge >= 0.3 is 0 Å². The number of likely N-dealkylation sites (N-methyl/N-ethyl adjacent to an activating group) is 1. The smallest absolute Gasteiger partial charge is 0.222 e. The van der Waals surface area contributed by atoms with Crippen LogP contribution >= 0.6 is 0 Å². The number of hydrogen-bond donors (Lipinski definition) is 0. The lowest BCUT2D eigenvalue weighted by atomic mass is 10.1. The average Bonchev–Trinajstić information content (AvgIpc) is 3.29. The molecule has 1 aliphatic heterocycles. The standard InChI is InChI=1S/C18H24FN3O3/c1-13-7-17(25-20-13)11-22-9-15(19)8-16(22)10-21(2)18(23)4-3-14-5-6-24-12-14/h5-7,12,15-16H,3-4,8-11H2,1-2H3/t15-,16-/m0/s1. The fourth-order valence-corrected chi connectivity index (χ4v) is 3.29. The minimum atomic E-state index is -0.872. The minimum Gasteiger partial charge on any atom is -0.472 e. The molecule has 0 saturated carbocycles. The van der Waals surface area contributed by atoms with Crippen molar-refractivity contribution in [2.45, 2.75) is 44.9 Å². The zero-order valence-corrected chi connectivity index (χ0v) is 14.7. The molecule has 0 aromatic carbocycles. The van der Waals surface area contributed by atoms with Gasteiger partial charge in [0.1, 0.15) is 6.17 Å². The number of likely N-dealkylation sites (tertiary alicyclic amines) is 1. The summed E-state index contributed by atoms with van der Waals surface area (Å²) in [7, 11) is 1.78. The third kappa shape index (κ3) is 4.69. The summed E-state index contributed by atoms with van der Waals surface area (Å²) in [6.07, 6.45) is 3.89. The van der Waals surface area contributed by atoms with E-state index in [9.17, 15) is 9.18 Å². The lowest BCUT2D eigenvalue weighted by molar-refractivity contribution is -0.130. The Kier molecular flexibility index (Phi) is 5.53. The van der Waals surface area contributed by atoms with Crippen LogP contribution in [-0.4, -0.2) is 53.2 Å². The second kappa shape index (κ2) is 7.82. The molecule has 0 bridgehead atoms. The molecule has 3 heterocycles. The van der Waals surface area contributed by atoms with Crippen LogP contribution in [0.4, 0.5) is 4.39 Å². The summed E-state index contributed by atoms with van der Waals surface area (Å²) >= 11 is 0. The Labute approximate surface area is 146 Å². The molecule has 0 N–H and O–H groups in total. The van der Waals surface area contributed by atoms with Crippen molar-refractivity contribution in [3.8, 4) is 0 Å². The topological polar surface area (TPSA) is 62.7 Å². The Hall–Kier alpha value is -2.15. The van der Waals surface area contributed by atoms with Gasteiger partial charge in [-0.05, 0) is 31.4 Å². The predicted octanol–water partition coefficient (Wildman–Crippen LogP) is 2.58. The van der Waals surface area contributed by atoms with Crippen molar-refractivity contribution in [1.82, 2.24) is 15.0 Å². The van der Waals surface area contributed by atoms with Crippen molar-refractivity contribution in [3.05, 3.63) is 41.7 Å². The maximum Gasteiger partial charge on any atom is 0.222 e. The SMILES string of the molecule is Cc1cc(CN2C[C@@H](F)C[C@H]2CN(C)C(=O)CCc2ccoc2)on1. The largest absolute Gasteiger partial charge is 0.472 e. The molecule has 2 aromatic rings. The van der Waals surface area contributed by atoms with E-state index in [0.29, 0.717) is 38.9 Å². The highest BCUT2D eigenvalue weighted by Crippen LogP contribution is 2.24. The Morgan fingerprint density at radius 2 is 2.36 bits per heavy atom. The fourth-order valence-electron chi connectivity index (χ4n) is 3.29. The molecule has 7 heteroatoms. The zero-order chi connectivity index (χ0) is 17.8. The van der Waals surface area contributed by atoms with Crippen LogP contribution < -0.4 is 0 Å². The lowest BCUT2D eigenvalue weighted by Crippen LogP contribution is -2.41. The molecule has 1 amide bonds. The number of alkyl halides is 1. The third-order valence-electron chi connectivity index (χ3n) is 4.63. The summed E-state index contributed by atoms with van der Waals surface area (Å²) < 4.78 is 24.2. The first-order chi connectivity index (χ1) is 12.0. The van der Waals surface area contributed by atoms with E-state index >= 15 is 0 Å². The van der Waals surface area contributed by atoms with E-state index in [1.807, 2.05) is 24.0 Å². The normalized spacial score (nSPS) is 20.9. The van der Waals surface area contributed by atoms with Crippen LogP contribution in [0.3, 0.4) is 0 Å². The van der Waals surface area contributed by atoms with Gasteiger partial charge in [-0.1, -0.05) is 5.16 Å². The average molecular weight is 349 g/mol. The van der Waals surface area contributed by atoms with E-state index in [-0.39, 0.29) is 11.9 Å². The van der Waals surface area contributed by atoms with Crippen molar-refractivity contribution in [2.75, 3.05) is 20.1 Å². The van der Waals surface area contributed by atoms with E-state index in [1.54, 1.807) is 24.5 Å². The van der Waals surface area contributed by atoms with Gasteiger partial charge in [0, 0.05) is 38.7 Å². The molecule has 1 saturated heterocycles. The van der Waals surface area contributed by atoms with Crippen LogP contribution in [0, 0.1) is 6.92 Å². The van der Waals surface area contributed by atoms with Gasteiger partial charge in [0.15, 0.2) is 5.76 Å². The van der Waals surface area contributed by atoms with E-state index in [0.717, 1.165) is 17.0 Å². The predicted molar refractivity (Wildman–Crippen MR) is 89.6 cm³/mol. The van der Waals surface area contributed by atoms with Gasteiger partial charge in [-0.25, -0.2) is 4.39 Å². The number of carbonyl (C=O) groups is 1. The van der Waals surface area contributed by atoms with E-state index in [4.69, 9.17) is 8.94 Å². The third-order valence-corrected chi connectivity index (χ3v) is 4.63. The number of aromatic nitrogens is 1. The number of furan rings is 1. The molecule has 0 aliphatic carbocycles. The Bertz CT molecular complexity index is 686. The molecule has 2 atom stereocenters. The molecule has 2 aromatic heterocycles. The molecule has 1 aliphatic rings. The van der Waals surface area contributed by atoms with Gasteiger partial charge < -0.3 is 13.8 Å². The first-order valence-corrected chi connectivity index (χ1v) is 8.56. The van der Waals surface area contributed by atoms with Crippen LogP contribution in [0.2, 0.25) is 0 Å². The van der Waals surface area contributed by atoms with Gasteiger partial charge in [0.05, 0.1) is 24.8 Å². The summed E-state index contributed by atoms with van der Waals surface area (Å²) in [6, 6.07) is 3.71. The van der Waals surface area contributed by atoms with Gasteiger partial charge in [0.25, 0.3) is 0 Å². The second-order valence-corrected chi connectivity index (χ2v) is 6.76. The molecule has 1 fully saturated rings. The molecule has 136 valence electrons. The highest BCUT2D eigenvalue weighted by Gasteiger charge is 2.34. The Balaban J connectivity index is 1.52. The van der Waals surface area contributed by atoms with Crippen LogP contribution in [0.5, 0.6) is 0 Å². The molecule has 25 heavy (non-hydrogen) atoms. The minimum absolute atomic E-state index is 0.0109. The number of nitrogens with zero attached hydrogens (tertiary/aromatic N) is 3. The van der Waals surface area contributed by atoms with Gasteiger partial charge in [-0.3, -0.25) is 9.69 Å². The zero-order valence-electron chi connectivity index (χ0n) is 14.7. The maximum absolute atomic E-state index is 13.9. The van der Waals surface area contributed by atoms with Crippen LogP contribution in [0.25, 0.3) is 0 Å². The number of halogens is 1. The first-order valence-electron chi connectivity index (χ1n) is 8.56. The van der Waals surface area contributed by atoms with E-state index in [1.165, 1.54) is 0 Å². The lowest BCUT2D eigenvalue weighted by Gasteiger charge is -2.27. The van der Waals surface area contributed by atoms with Crippen molar-refractivity contribution in [1.29, 1.82) is 0 Å². The van der Waals surface area contributed by atoms with Crippen molar-refractivity contribution < 1.29 is 18.1 Å². The summed E-state index contributed by atoms with van der Waals surface area (Å²) in [6.45, 7) is 3.25. The van der Waals surface area contributed by atoms with Crippen LogP contribution in [-0.2, 0) is 17.8 Å². The maximum atomic E-state index is 13.9. The summed E-state index contributed by atoms with van der Waals surface area (Å²) in [5.41, 5.74) is 1.82. The summed E-state index contributed by atoms with van der Waals surface area (Å²) in [4.78, 5) is 16.1. The number of rotatable bonds is 7. The molecule has 0 radical (unpaired) electrons. The monoisotopic (exact) mass is 349 g/mol. The molecule has 3 rings (SSSR count). The molecular formula is C18H24FN3O3. The molecule has 0 spiro atoms. The van der Waals surface area contributed by atoms with Crippen LogP contribution in [0.1, 0.15) is 29.9 Å². The second-order valence-electron chi connectivity index (χ2n) is 6.76. The molecular weight excluding hydrogens is 325 g/mol. The van der Waals surface area contributed by atoms with Gasteiger partial charge in [-0.2, -0.15) is 0 Å². The summed E-state index contributed by atoms with van der Waals surface area (Å²) in [5.74, 6) is 0.782. The van der Waals surface area contributed by atoms with E-state index < -0.39 is 6.17 Å². The Morgan fingerprint density at radius 1 is 1.52 bits per heavy atom. The number of amides is 1. The van der Waals surface area contributed by atoms with Gasteiger partial charge in [-0.15, -0.1) is 0 Å². The highest BCUT2D eigenvalue weighted by molar-refractivity contribution is 5.76.